The van der Waals surface area contributed by atoms with Gasteiger partial charge in [0.1, 0.15) is 6.04 Å². The Bertz CT molecular complexity index is 978. The maximum Gasteiger partial charge on any atom is 0.174 e. The van der Waals surface area contributed by atoms with Gasteiger partial charge in [-0.2, -0.15) is 0 Å². The highest BCUT2D eigenvalue weighted by Crippen LogP contribution is 2.42. The van der Waals surface area contributed by atoms with Gasteiger partial charge < -0.3 is 19.7 Å². The minimum Gasteiger partial charge on any atom is -0.378 e. The first-order valence-electron chi connectivity index (χ1n) is 9.92. The summed E-state index contributed by atoms with van der Waals surface area (Å²) in [5, 5.41) is 4.25. The van der Waals surface area contributed by atoms with Gasteiger partial charge in [0.15, 0.2) is 5.11 Å². The van der Waals surface area contributed by atoms with Crippen molar-refractivity contribution in [1.82, 2.24) is 14.9 Å². The minimum atomic E-state index is -0.0235. The summed E-state index contributed by atoms with van der Waals surface area (Å²) in [6.07, 6.45) is 3.98. The predicted molar refractivity (Wildman–Crippen MR) is 124 cm³/mol. The maximum absolute atomic E-state index is 5.81. The molecule has 1 aliphatic rings. The van der Waals surface area contributed by atoms with Crippen molar-refractivity contribution in [3.63, 3.8) is 0 Å². The molecule has 1 fully saturated rings. The molecule has 0 aliphatic carbocycles. The van der Waals surface area contributed by atoms with E-state index < -0.39 is 0 Å². The van der Waals surface area contributed by atoms with E-state index in [9.17, 15) is 0 Å². The van der Waals surface area contributed by atoms with Crippen molar-refractivity contribution in [2.45, 2.75) is 32.0 Å². The summed E-state index contributed by atoms with van der Waals surface area (Å²) in [5.41, 5.74) is 4.45. The zero-order chi connectivity index (χ0) is 20.5. The zero-order valence-corrected chi connectivity index (χ0v) is 18.1. The van der Waals surface area contributed by atoms with Gasteiger partial charge in [0.25, 0.3) is 0 Å². The highest BCUT2D eigenvalue weighted by molar-refractivity contribution is 7.80. The molecule has 1 N–H and O–H groups in total. The number of anilines is 2. The summed E-state index contributed by atoms with van der Waals surface area (Å²) in [4.78, 5) is 8.95. The SMILES string of the molecule is CC(C)n1cccc1[C@@H]1[C@H](c2ccccn2)NC(=S)N1c1ccc(N(C)C)cc1. The Morgan fingerprint density at radius 1 is 1.03 bits per heavy atom. The number of nitrogens with one attached hydrogen (secondary N) is 1. The molecule has 3 heterocycles. The Kier molecular flexibility index (Phi) is 5.28. The van der Waals surface area contributed by atoms with Crippen molar-refractivity contribution in [1.29, 1.82) is 0 Å². The molecule has 6 heteroatoms. The number of pyridine rings is 1. The Hall–Kier alpha value is -2.86. The lowest BCUT2D eigenvalue weighted by Crippen LogP contribution is -2.30. The largest absolute Gasteiger partial charge is 0.378 e. The summed E-state index contributed by atoms with van der Waals surface area (Å²) >= 11 is 5.81. The monoisotopic (exact) mass is 405 g/mol. The second-order valence-electron chi connectivity index (χ2n) is 7.84. The third-order valence-electron chi connectivity index (χ3n) is 5.41. The van der Waals surface area contributed by atoms with E-state index in [1.54, 1.807) is 0 Å². The second kappa shape index (κ2) is 7.87. The van der Waals surface area contributed by atoms with E-state index >= 15 is 0 Å². The molecular formula is C23H27N5S. The normalized spacial score (nSPS) is 18.9. The highest BCUT2D eigenvalue weighted by Gasteiger charge is 2.42. The van der Waals surface area contributed by atoms with Crippen LogP contribution in [-0.2, 0) is 0 Å². The Morgan fingerprint density at radius 3 is 2.41 bits per heavy atom. The first-order chi connectivity index (χ1) is 14.0. The van der Waals surface area contributed by atoms with Crippen LogP contribution in [0.15, 0.2) is 67.0 Å². The number of hydrogen-bond acceptors (Lipinski definition) is 3. The van der Waals surface area contributed by atoms with Crippen LogP contribution in [0.25, 0.3) is 0 Å². The number of thiocarbonyl (C=S) groups is 1. The lowest BCUT2D eigenvalue weighted by molar-refractivity contribution is 0.497. The third-order valence-corrected chi connectivity index (χ3v) is 5.73. The van der Waals surface area contributed by atoms with Crippen LogP contribution in [0.4, 0.5) is 11.4 Å². The molecule has 0 saturated carbocycles. The van der Waals surface area contributed by atoms with E-state index in [2.05, 4.69) is 87.2 Å². The second-order valence-corrected chi connectivity index (χ2v) is 8.23. The van der Waals surface area contributed by atoms with Crippen LogP contribution in [0.1, 0.15) is 43.4 Å². The minimum absolute atomic E-state index is 0.0139. The summed E-state index contributed by atoms with van der Waals surface area (Å²) in [7, 11) is 4.10. The zero-order valence-electron chi connectivity index (χ0n) is 17.3. The fourth-order valence-electron chi connectivity index (χ4n) is 3.97. The number of nitrogens with zero attached hydrogens (tertiary/aromatic N) is 4. The van der Waals surface area contributed by atoms with E-state index in [0.717, 1.165) is 22.2 Å². The third kappa shape index (κ3) is 3.60. The Labute approximate surface area is 178 Å². The number of rotatable bonds is 5. The topological polar surface area (TPSA) is 36.3 Å². The molecule has 0 unspecified atom stereocenters. The fourth-order valence-corrected chi connectivity index (χ4v) is 4.32. The van der Waals surface area contributed by atoms with Gasteiger partial charge in [-0.3, -0.25) is 4.98 Å². The van der Waals surface area contributed by atoms with Crippen molar-refractivity contribution < 1.29 is 0 Å². The fraction of sp³-hybridized carbons (Fsp3) is 0.304. The van der Waals surface area contributed by atoms with Gasteiger partial charge in [-0.15, -0.1) is 0 Å². The number of aromatic nitrogens is 2. The smallest absolute Gasteiger partial charge is 0.174 e. The standard InChI is InChI=1S/C23H27N5S/c1-16(2)27-15-7-9-20(27)22-21(19-8-5-6-14-24-19)25-23(29)28(22)18-12-10-17(11-13-18)26(3)4/h5-16,21-22H,1-4H3,(H,25,29)/t21-,22+/m0/s1. The number of benzene rings is 1. The molecule has 1 aliphatic heterocycles. The van der Waals surface area contributed by atoms with E-state index in [1.165, 1.54) is 5.69 Å². The van der Waals surface area contributed by atoms with Crippen molar-refractivity contribution in [2.75, 3.05) is 23.9 Å². The maximum atomic E-state index is 5.81. The highest BCUT2D eigenvalue weighted by atomic mass is 32.1. The van der Waals surface area contributed by atoms with Crippen LogP contribution in [0.5, 0.6) is 0 Å². The van der Waals surface area contributed by atoms with Crippen LogP contribution in [0.2, 0.25) is 0 Å². The van der Waals surface area contributed by atoms with E-state index in [0.29, 0.717) is 6.04 Å². The van der Waals surface area contributed by atoms with Crippen LogP contribution in [-0.4, -0.2) is 28.8 Å². The molecule has 29 heavy (non-hydrogen) atoms. The van der Waals surface area contributed by atoms with Crippen molar-refractivity contribution in [3.05, 3.63) is 78.4 Å². The summed E-state index contributed by atoms with van der Waals surface area (Å²) in [5.74, 6) is 0. The molecule has 0 radical (unpaired) electrons. The summed E-state index contributed by atoms with van der Waals surface area (Å²) in [6, 6.07) is 19.2. The van der Waals surface area contributed by atoms with Crippen molar-refractivity contribution in [2.24, 2.45) is 0 Å². The molecule has 0 bridgehead atoms. The van der Waals surface area contributed by atoms with Crippen LogP contribution in [0.3, 0.4) is 0 Å². The van der Waals surface area contributed by atoms with Crippen molar-refractivity contribution >= 4 is 28.7 Å². The van der Waals surface area contributed by atoms with Gasteiger partial charge in [-0.25, -0.2) is 0 Å². The molecule has 0 spiro atoms. The van der Waals surface area contributed by atoms with Gasteiger partial charge in [0, 0.05) is 49.6 Å². The lowest BCUT2D eigenvalue weighted by Gasteiger charge is -2.30. The summed E-state index contributed by atoms with van der Waals surface area (Å²) < 4.78 is 2.32. The van der Waals surface area contributed by atoms with Crippen molar-refractivity contribution in [3.8, 4) is 0 Å². The van der Waals surface area contributed by atoms with Gasteiger partial charge in [0.05, 0.1) is 11.7 Å². The van der Waals surface area contributed by atoms with Crippen LogP contribution >= 0.6 is 12.2 Å². The summed E-state index contributed by atoms with van der Waals surface area (Å²) in [6.45, 7) is 4.41. The molecule has 4 rings (SSSR count). The molecule has 0 amide bonds. The van der Waals surface area contributed by atoms with Gasteiger partial charge >= 0.3 is 0 Å². The van der Waals surface area contributed by atoms with Gasteiger partial charge in [-0.1, -0.05) is 6.07 Å². The molecule has 2 aromatic heterocycles. The molecule has 150 valence electrons. The quantitative estimate of drug-likeness (QED) is 0.622. The number of hydrogen-bond donors (Lipinski definition) is 1. The molecule has 5 nitrogen and oxygen atoms in total. The van der Waals surface area contributed by atoms with Crippen LogP contribution in [0, 0.1) is 0 Å². The molecular weight excluding hydrogens is 378 g/mol. The van der Waals surface area contributed by atoms with E-state index in [4.69, 9.17) is 12.2 Å². The first kappa shape index (κ1) is 19.5. The molecule has 1 saturated heterocycles. The molecule has 2 atom stereocenters. The van der Waals surface area contributed by atoms with E-state index in [1.807, 2.05) is 32.4 Å². The Morgan fingerprint density at radius 2 is 1.79 bits per heavy atom. The van der Waals surface area contributed by atoms with Crippen LogP contribution < -0.4 is 15.1 Å². The lowest BCUT2D eigenvalue weighted by atomic mass is 10.0. The average Bonchev–Trinajstić information content (AvgIpc) is 3.33. The predicted octanol–water partition coefficient (Wildman–Crippen LogP) is 4.71. The first-order valence-corrected chi connectivity index (χ1v) is 10.3. The van der Waals surface area contributed by atoms with Gasteiger partial charge in [0.2, 0.25) is 0 Å². The van der Waals surface area contributed by atoms with Gasteiger partial charge in [-0.05, 0) is 74.6 Å². The average molecular weight is 406 g/mol. The molecule has 3 aromatic rings. The van der Waals surface area contributed by atoms with E-state index in [-0.39, 0.29) is 12.1 Å². The Balaban J connectivity index is 1.82. The molecule has 1 aromatic carbocycles.